The number of benzene rings is 2. The molecule has 0 fully saturated rings. The molecule has 9 heteroatoms. The number of ether oxygens (including phenoxy) is 2. The Labute approximate surface area is 187 Å². The Kier molecular flexibility index (Phi) is 6.00. The molecule has 0 aliphatic heterocycles. The molecule has 2 aromatic carbocycles. The van der Waals surface area contributed by atoms with E-state index in [0.717, 1.165) is 4.88 Å². The van der Waals surface area contributed by atoms with Crippen LogP contribution in [0.15, 0.2) is 65.6 Å². The maximum absolute atomic E-state index is 12.4. The van der Waals surface area contributed by atoms with E-state index in [2.05, 4.69) is 10.3 Å². The van der Waals surface area contributed by atoms with Gasteiger partial charge in [0.2, 0.25) is 0 Å². The van der Waals surface area contributed by atoms with Crippen molar-refractivity contribution in [1.29, 1.82) is 0 Å². The van der Waals surface area contributed by atoms with Crippen molar-refractivity contribution < 1.29 is 19.1 Å². The zero-order valence-electron chi connectivity index (χ0n) is 17.3. The van der Waals surface area contributed by atoms with Gasteiger partial charge in [0.25, 0.3) is 11.5 Å². The summed E-state index contributed by atoms with van der Waals surface area (Å²) in [7, 11) is 1.56. The van der Waals surface area contributed by atoms with Gasteiger partial charge in [-0.1, -0.05) is 0 Å². The molecule has 4 rings (SSSR count). The molecule has 1 amide bonds. The zero-order valence-corrected chi connectivity index (χ0v) is 18.1. The van der Waals surface area contributed by atoms with Gasteiger partial charge < -0.3 is 14.8 Å². The number of esters is 1. The highest BCUT2D eigenvalue weighted by molar-refractivity contribution is 7.16. The van der Waals surface area contributed by atoms with Crippen LogP contribution in [-0.4, -0.2) is 28.4 Å². The van der Waals surface area contributed by atoms with Crippen LogP contribution in [0, 0.1) is 6.92 Å². The lowest BCUT2D eigenvalue weighted by atomic mass is 10.1. The number of amides is 1. The third-order valence-electron chi connectivity index (χ3n) is 4.62. The highest BCUT2D eigenvalue weighted by Crippen LogP contribution is 2.16. The molecule has 0 unspecified atom stereocenters. The first-order valence-corrected chi connectivity index (χ1v) is 10.5. The van der Waals surface area contributed by atoms with Gasteiger partial charge in [-0.05, 0) is 55.5 Å². The van der Waals surface area contributed by atoms with Crippen LogP contribution in [0.5, 0.6) is 5.75 Å². The van der Waals surface area contributed by atoms with Crippen molar-refractivity contribution >= 4 is 33.9 Å². The molecule has 0 aliphatic rings. The number of thiazole rings is 1. The van der Waals surface area contributed by atoms with E-state index in [1.165, 1.54) is 21.8 Å². The van der Waals surface area contributed by atoms with E-state index in [0.29, 0.717) is 33.2 Å². The molecule has 0 saturated carbocycles. The molecule has 0 bridgehead atoms. The fourth-order valence-electron chi connectivity index (χ4n) is 2.99. The van der Waals surface area contributed by atoms with Gasteiger partial charge in [0.05, 0.1) is 18.4 Å². The SMILES string of the molecule is COc1ccc(C(=O)Nc2ccc(C(=O)OCc3cc(=O)n4cc(C)sc4n3)cc2)cc1. The van der Waals surface area contributed by atoms with Gasteiger partial charge in [-0.25, -0.2) is 9.78 Å². The summed E-state index contributed by atoms with van der Waals surface area (Å²) in [5, 5.41) is 2.77. The summed E-state index contributed by atoms with van der Waals surface area (Å²) in [6.45, 7) is 1.78. The Morgan fingerprint density at radius 2 is 1.75 bits per heavy atom. The number of aryl methyl sites for hydroxylation is 1. The Hall–Kier alpha value is -3.98. The fraction of sp³-hybridized carbons (Fsp3) is 0.130. The largest absolute Gasteiger partial charge is 0.497 e. The molecule has 8 nitrogen and oxygen atoms in total. The first-order chi connectivity index (χ1) is 15.4. The average molecular weight is 449 g/mol. The fourth-order valence-corrected chi connectivity index (χ4v) is 3.84. The molecule has 2 aromatic heterocycles. The van der Waals surface area contributed by atoms with Crippen molar-refractivity contribution in [3.63, 3.8) is 0 Å². The van der Waals surface area contributed by atoms with Crippen molar-refractivity contribution in [2.24, 2.45) is 0 Å². The Bertz CT molecular complexity index is 1340. The second-order valence-electron chi connectivity index (χ2n) is 6.92. The summed E-state index contributed by atoms with van der Waals surface area (Å²) in [6, 6.07) is 14.4. The number of methoxy groups -OCH3 is 1. The van der Waals surface area contributed by atoms with Gasteiger partial charge in [0, 0.05) is 28.4 Å². The van der Waals surface area contributed by atoms with Crippen molar-refractivity contribution in [1.82, 2.24) is 9.38 Å². The average Bonchev–Trinajstić information content (AvgIpc) is 3.19. The molecular formula is C23H19N3O5S. The number of fused-ring (bicyclic) bond motifs is 1. The van der Waals surface area contributed by atoms with E-state index < -0.39 is 5.97 Å². The quantitative estimate of drug-likeness (QED) is 0.451. The molecule has 1 N–H and O–H groups in total. The van der Waals surface area contributed by atoms with Gasteiger partial charge in [0.15, 0.2) is 4.96 Å². The van der Waals surface area contributed by atoms with Gasteiger partial charge in [0.1, 0.15) is 12.4 Å². The Balaban J connectivity index is 1.37. The summed E-state index contributed by atoms with van der Waals surface area (Å²) < 4.78 is 11.8. The summed E-state index contributed by atoms with van der Waals surface area (Å²) in [5.74, 6) is -0.169. The van der Waals surface area contributed by atoms with E-state index in [1.54, 1.807) is 61.8 Å². The van der Waals surface area contributed by atoms with Crippen LogP contribution in [0.25, 0.3) is 4.96 Å². The lowest BCUT2D eigenvalue weighted by molar-refractivity contribution is 0.0467. The van der Waals surface area contributed by atoms with Crippen LogP contribution in [0.1, 0.15) is 31.3 Å². The number of carbonyl (C=O) groups is 2. The van der Waals surface area contributed by atoms with Crippen LogP contribution in [0.2, 0.25) is 0 Å². The maximum atomic E-state index is 12.4. The van der Waals surface area contributed by atoms with Gasteiger partial charge in [-0.15, -0.1) is 11.3 Å². The van der Waals surface area contributed by atoms with Gasteiger partial charge in [-0.3, -0.25) is 14.0 Å². The minimum atomic E-state index is -0.553. The van der Waals surface area contributed by atoms with Gasteiger partial charge >= 0.3 is 5.97 Å². The minimum absolute atomic E-state index is 0.114. The third-order valence-corrected chi connectivity index (χ3v) is 5.52. The van der Waals surface area contributed by atoms with Crippen molar-refractivity contribution in [3.8, 4) is 5.75 Å². The second kappa shape index (κ2) is 9.03. The summed E-state index contributed by atoms with van der Waals surface area (Å²) in [6.07, 6.45) is 1.72. The third kappa shape index (κ3) is 4.68. The molecule has 4 aromatic rings. The summed E-state index contributed by atoms with van der Waals surface area (Å²) >= 11 is 1.39. The number of hydrogen-bond acceptors (Lipinski definition) is 7. The topological polar surface area (TPSA) is 99.0 Å². The van der Waals surface area contributed by atoms with Crippen molar-refractivity contribution in [2.45, 2.75) is 13.5 Å². The van der Waals surface area contributed by atoms with E-state index in [9.17, 15) is 14.4 Å². The van der Waals surface area contributed by atoms with Crippen LogP contribution in [-0.2, 0) is 11.3 Å². The molecule has 162 valence electrons. The first kappa shape index (κ1) is 21.3. The molecule has 0 saturated heterocycles. The standard InChI is InChI=1S/C23H19N3O5S/c1-14-12-26-20(27)11-18(25-23(26)32-14)13-31-22(29)16-3-7-17(8-4-16)24-21(28)15-5-9-19(30-2)10-6-15/h3-12H,13H2,1-2H3,(H,24,28). The van der Waals surface area contributed by atoms with Crippen LogP contribution in [0.3, 0.4) is 0 Å². The van der Waals surface area contributed by atoms with E-state index >= 15 is 0 Å². The van der Waals surface area contributed by atoms with Crippen LogP contribution >= 0.6 is 11.3 Å². The Morgan fingerprint density at radius 3 is 2.44 bits per heavy atom. The van der Waals surface area contributed by atoms with E-state index in [1.807, 2.05) is 6.92 Å². The number of nitrogens with zero attached hydrogens (tertiary/aromatic N) is 2. The summed E-state index contributed by atoms with van der Waals surface area (Å²) in [5.41, 5.74) is 1.50. The first-order valence-electron chi connectivity index (χ1n) is 9.64. The van der Waals surface area contributed by atoms with Crippen LogP contribution in [0.4, 0.5) is 5.69 Å². The number of carbonyl (C=O) groups excluding carboxylic acids is 2. The number of anilines is 1. The normalized spacial score (nSPS) is 10.7. The molecule has 32 heavy (non-hydrogen) atoms. The van der Waals surface area contributed by atoms with E-state index in [4.69, 9.17) is 9.47 Å². The second-order valence-corrected chi connectivity index (χ2v) is 8.13. The molecular weight excluding hydrogens is 430 g/mol. The molecule has 0 radical (unpaired) electrons. The molecule has 0 aliphatic carbocycles. The highest BCUT2D eigenvalue weighted by Gasteiger charge is 2.12. The van der Waals surface area contributed by atoms with Crippen molar-refractivity contribution in [2.75, 3.05) is 12.4 Å². The Morgan fingerprint density at radius 1 is 1.06 bits per heavy atom. The highest BCUT2D eigenvalue weighted by atomic mass is 32.1. The smallest absolute Gasteiger partial charge is 0.338 e. The number of rotatable bonds is 6. The predicted octanol–water partition coefficient (Wildman–Crippen LogP) is 3.68. The van der Waals surface area contributed by atoms with Crippen molar-refractivity contribution in [3.05, 3.63) is 92.8 Å². The number of nitrogens with one attached hydrogen (secondary N) is 1. The summed E-state index contributed by atoms with van der Waals surface area (Å²) in [4.78, 5) is 42.7. The molecule has 0 atom stereocenters. The minimum Gasteiger partial charge on any atom is -0.497 e. The lowest BCUT2D eigenvalue weighted by Crippen LogP contribution is -2.15. The number of aromatic nitrogens is 2. The monoisotopic (exact) mass is 449 g/mol. The molecule has 2 heterocycles. The molecule has 0 spiro atoms. The van der Waals surface area contributed by atoms with E-state index in [-0.39, 0.29) is 18.1 Å². The van der Waals surface area contributed by atoms with Crippen LogP contribution < -0.4 is 15.6 Å². The number of hydrogen-bond donors (Lipinski definition) is 1. The lowest BCUT2D eigenvalue weighted by Gasteiger charge is -2.08. The maximum Gasteiger partial charge on any atom is 0.338 e. The van der Waals surface area contributed by atoms with Gasteiger partial charge in [-0.2, -0.15) is 0 Å². The predicted molar refractivity (Wildman–Crippen MR) is 121 cm³/mol. The zero-order chi connectivity index (χ0) is 22.7.